The van der Waals surface area contributed by atoms with E-state index in [0.717, 1.165) is 12.8 Å². The van der Waals surface area contributed by atoms with Crippen LogP contribution in [0.3, 0.4) is 0 Å². The van der Waals surface area contributed by atoms with Gasteiger partial charge >= 0.3 is 0 Å². The first-order chi connectivity index (χ1) is 8.98. The molecule has 0 bridgehead atoms. The molecule has 1 rings (SSSR count). The van der Waals surface area contributed by atoms with Crippen molar-refractivity contribution in [1.29, 1.82) is 0 Å². The molecule has 0 atom stereocenters. The Hall–Kier alpha value is -1.02. The molecule has 1 nitrogen and oxygen atoms in total. The van der Waals surface area contributed by atoms with Crippen molar-refractivity contribution in [3.05, 3.63) is 41.7 Å². The minimum absolute atomic E-state index is 1.04. The molecular formula is C17H28OSi. The third-order valence-corrected chi connectivity index (χ3v) is 3.86. The van der Waals surface area contributed by atoms with Crippen LogP contribution < -0.4 is 0 Å². The van der Waals surface area contributed by atoms with Crippen molar-refractivity contribution in [1.82, 2.24) is 0 Å². The molecule has 0 aliphatic carbocycles. The molecule has 0 N–H and O–H groups in total. The Bertz CT molecular complexity index is 401. The Morgan fingerprint density at radius 3 is 2.16 bits per heavy atom. The van der Waals surface area contributed by atoms with Crippen LogP contribution in [0.4, 0.5) is 0 Å². The molecule has 1 aromatic rings. The molecule has 2 heteroatoms. The number of unbranched alkanes of at least 4 members (excludes halogenated alkanes) is 1. The maximum atomic E-state index is 6.37. The van der Waals surface area contributed by atoms with Crippen LogP contribution in [-0.4, -0.2) is 8.32 Å². The van der Waals surface area contributed by atoms with Crippen LogP contribution in [0, 0.1) is 0 Å². The Kier molecular flexibility index (Phi) is 6.36. The number of allylic oxidation sites excluding steroid dienone is 2. The Balaban J connectivity index is 3.10. The maximum Gasteiger partial charge on any atom is 0.241 e. The van der Waals surface area contributed by atoms with E-state index >= 15 is 0 Å². The summed E-state index contributed by atoms with van der Waals surface area (Å²) in [5.41, 5.74) is 2.70. The number of rotatable bonds is 7. The highest BCUT2D eigenvalue weighted by atomic mass is 28.4. The molecule has 0 fully saturated rings. The van der Waals surface area contributed by atoms with Gasteiger partial charge in [0.15, 0.2) is 0 Å². The Morgan fingerprint density at radius 1 is 1.05 bits per heavy atom. The predicted molar refractivity (Wildman–Crippen MR) is 87.6 cm³/mol. The molecule has 0 heterocycles. The first-order valence-corrected chi connectivity index (χ1v) is 10.8. The van der Waals surface area contributed by atoms with Gasteiger partial charge in [-0.05, 0) is 43.6 Å². The number of hydrogen-bond donors (Lipinski definition) is 0. The fourth-order valence-corrected chi connectivity index (χ4v) is 3.14. The normalized spacial score (nSPS) is 13.1. The molecule has 0 saturated carbocycles. The van der Waals surface area contributed by atoms with Gasteiger partial charge in [0.05, 0.1) is 5.76 Å². The smallest absolute Gasteiger partial charge is 0.241 e. The second kappa shape index (κ2) is 7.54. The summed E-state index contributed by atoms with van der Waals surface area (Å²) in [5, 5.41) is 0. The molecule has 1 aromatic carbocycles. The topological polar surface area (TPSA) is 9.23 Å². The summed E-state index contributed by atoms with van der Waals surface area (Å²) in [5.74, 6) is 1.23. The van der Waals surface area contributed by atoms with Crippen molar-refractivity contribution in [2.24, 2.45) is 0 Å². The van der Waals surface area contributed by atoms with Crippen molar-refractivity contribution in [2.45, 2.75) is 59.2 Å². The Labute approximate surface area is 119 Å². The zero-order valence-electron chi connectivity index (χ0n) is 13.1. The second-order valence-corrected chi connectivity index (χ2v) is 10.4. The van der Waals surface area contributed by atoms with E-state index in [1.54, 1.807) is 0 Å². The van der Waals surface area contributed by atoms with E-state index in [0.29, 0.717) is 0 Å². The summed E-state index contributed by atoms with van der Waals surface area (Å²) in [6.07, 6.45) is 4.52. The van der Waals surface area contributed by atoms with Gasteiger partial charge in [-0.3, -0.25) is 0 Å². The van der Waals surface area contributed by atoms with Crippen molar-refractivity contribution in [3.8, 4) is 0 Å². The summed E-state index contributed by atoms with van der Waals surface area (Å²) in [6.45, 7) is 11.2. The molecule has 0 aliphatic rings. The SMILES string of the molecule is CCCC/C(O[Si](C)(C)C)=C(\CC)c1ccccc1. The van der Waals surface area contributed by atoms with E-state index in [2.05, 4.69) is 63.8 Å². The van der Waals surface area contributed by atoms with Gasteiger partial charge in [-0.2, -0.15) is 0 Å². The monoisotopic (exact) mass is 276 g/mol. The molecule has 19 heavy (non-hydrogen) atoms. The molecule has 106 valence electrons. The number of benzene rings is 1. The average Bonchev–Trinajstić information content (AvgIpc) is 2.36. The zero-order valence-corrected chi connectivity index (χ0v) is 14.1. The van der Waals surface area contributed by atoms with Crippen molar-refractivity contribution in [2.75, 3.05) is 0 Å². The van der Waals surface area contributed by atoms with E-state index in [9.17, 15) is 0 Å². The Morgan fingerprint density at radius 2 is 1.68 bits per heavy atom. The summed E-state index contributed by atoms with van der Waals surface area (Å²) in [7, 11) is -1.54. The van der Waals surface area contributed by atoms with Gasteiger partial charge in [0.1, 0.15) is 0 Å². The summed E-state index contributed by atoms with van der Waals surface area (Å²) in [4.78, 5) is 0. The van der Waals surface area contributed by atoms with Crippen molar-refractivity contribution >= 4 is 13.9 Å². The lowest BCUT2D eigenvalue weighted by atomic mass is 10.00. The van der Waals surface area contributed by atoms with Gasteiger partial charge in [0.2, 0.25) is 8.32 Å². The minimum Gasteiger partial charge on any atom is -0.547 e. The van der Waals surface area contributed by atoms with Crippen LogP contribution in [0.5, 0.6) is 0 Å². The third-order valence-electron chi connectivity index (χ3n) is 3.00. The van der Waals surface area contributed by atoms with E-state index in [4.69, 9.17) is 4.43 Å². The fourth-order valence-electron chi connectivity index (χ4n) is 2.17. The van der Waals surface area contributed by atoms with Crippen LogP contribution in [0.1, 0.15) is 45.1 Å². The highest BCUT2D eigenvalue weighted by molar-refractivity contribution is 6.70. The highest BCUT2D eigenvalue weighted by Gasteiger charge is 2.20. The average molecular weight is 276 g/mol. The van der Waals surface area contributed by atoms with Crippen LogP contribution in [0.15, 0.2) is 36.1 Å². The van der Waals surface area contributed by atoms with Crippen LogP contribution >= 0.6 is 0 Å². The molecule has 0 saturated heterocycles. The van der Waals surface area contributed by atoms with Crippen LogP contribution in [0.25, 0.3) is 5.57 Å². The summed E-state index contributed by atoms with van der Waals surface area (Å²) >= 11 is 0. The van der Waals surface area contributed by atoms with Gasteiger partial charge in [0, 0.05) is 6.42 Å². The van der Waals surface area contributed by atoms with Gasteiger partial charge in [0.25, 0.3) is 0 Å². The van der Waals surface area contributed by atoms with E-state index in [1.807, 2.05) is 0 Å². The van der Waals surface area contributed by atoms with E-state index in [-0.39, 0.29) is 0 Å². The van der Waals surface area contributed by atoms with Crippen LogP contribution in [0.2, 0.25) is 19.6 Å². The van der Waals surface area contributed by atoms with Crippen molar-refractivity contribution < 1.29 is 4.43 Å². The molecule has 0 spiro atoms. The molecule has 0 aliphatic heterocycles. The summed E-state index contributed by atoms with van der Waals surface area (Å²) in [6, 6.07) is 10.7. The minimum atomic E-state index is -1.54. The molecule has 0 aromatic heterocycles. The largest absolute Gasteiger partial charge is 0.547 e. The maximum absolute atomic E-state index is 6.37. The lowest BCUT2D eigenvalue weighted by Gasteiger charge is -2.25. The second-order valence-electron chi connectivity index (χ2n) is 5.94. The predicted octanol–water partition coefficient (Wildman–Crippen LogP) is 5.85. The highest BCUT2D eigenvalue weighted by Crippen LogP contribution is 2.28. The van der Waals surface area contributed by atoms with E-state index < -0.39 is 8.32 Å². The zero-order chi connectivity index (χ0) is 14.3. The summed E-state index contributed by atoms with van der Waals surface area (Å²) < 4.78 is 6.37. The van der Waals surface area contributed by atoms with Crippen LogP contribution in [-0.2, 0) is 4.43 Å². The van der Waals surface area contributed by atoms with Crippen molar-refractivity contribution in [3.63, 3.8) is 0 Å². The molecule has 0 amide bonds. The van der Waals surface area contributed by atoms with Gasteiger partial charge in [-0.25, -0.2) is 0 Å². The van der Waals surface area contributed by atoms with Gasteiger partial charge in [-0.1, -0.05) is 50.6 Å². The number of hydrogen-bond acceptors (Lipinski definition) is 1. The lowest BCUT2D eigenvalue weighted by Crippen LogP contribution is -2.25. The first kappa shape index (κ1) is 16.0. The first-order valence-electron chi connectivity index (χ1n) is 7.44. The quantitative estimate of drug-likeness (QED) is 0.448. The van der Waals surface area contributed by atoms with Gasteiger partial charge < -0.3 is 4.43 Å². The van der Waals surface area contributed by atoms with E-state index in [1.165, 1.54) is 29.7 Å². The fraction of sp³-hybridized carbons (Fsp3) is 0.529. The third kappa shape index (κ3) is 5.64. The standard InChI is InChI=1S/C17H28OSi/c1-6-8-14-17(18-19(3,4)5)16(7-2)15-12-10-9-11-13-15/h9-13H,6-8,14H2,1-5H3/b17-16-. The molecular weight excluding hydrogens is 248 g/mol. The van der Waals surface area contributed by atoms with Gasteiger partial charge in [-0.15, -0.1) is 0 Å². The lowest BCUT2D eigenvalue weighted by molar-refractivity contribution is 0.395. The molecule has 0 radical (unpaired) electrons. The molecule has 0 unspecified atom stereocenters.